The highest BCUT2D eigenvalue weighted by molar-refractivity contribution is 7.80. The number of anilines is 1. The third-order valence-corrected chi connectivity index (χ3v) is 2.57. The second-order valence-electron chi connectivity index (χ2n) is 3.16. The minimum absolute atomic E-state index is 0.595. The predicted octanol–water partition coefficient (Wildman–Crippen LogP) is -0.0284. The number of nitrogens with zero attached hydrogens (tertiary/aromatic N) is 1. The molecule has 4 N–H and O–H groups in total. The third-order valence-electron chi connectivity index (χ3n) is 2.27. The highest BCUT2D eigenvalue weighted by Crippen LogP contribution is 2.19. The summed E-state index contributed by atoms with van der Waals surface area (Å²) in [7, 11) is 1.79. The number of hydrogen-bond donors (Lipinski definition) is 4. The van der Waals surface area contributed by atoms with Gasteiger partial charge < -0.3 is 16.0 Å². The quantitative estimate of drug-likeness (QED) is 0.491. The van der Waals surface area contributed by atoms with E-state index in [0.29, 0.717) is 5.11 Å². The maximum atomic E-state index is 5.02. The summed E-state index contributed by atoms with van der Waals surface area (Å²) in [6.45, 7) is 1.85. The van der Waals surface area contributed by atoms with Crippen LogP contribution in [0, 0.1) is 0 Å². The second-order valence-corrected chi connectivity index (χ2v) is 3.57. The van der Waals surface area contributed by atoms with Crippen LogP contribution in [0.3, 0.4) is 0 Å². The van der Waals surface area contributed by atoms with E-state index in [1.165, 1.54) is 5.56 Å². The molecule has 0 bridgehead atoms. The highest BCUT2D eigenvalue weighted by Gasteiger charge is 2.16. The second kappa shape index (κ2) is 3.93. The Kier molecular flexibility index (Phi) is 2.64. The van der Waals surface area contributed by atoms with E-state index < -0.39 is 0 Å². The largest absolute Gasteiger partial charge is 0.365 e. The monoisotopic (exact) mass is 211 g/mol. The fourth-order valence-corrected chi connectivity index (χ4v) is 1.61. The number of aromatic nitrogens is 2. The van der Waals surface area contributed by atoms with E-state index in [9.17, 15) is 0 Å². The lowest BCUT2D eigenvalue weighted by Crippen LogP contribution is -2.27. The van der Waals surface area contributed by atoms with Crippen molar-refractivity contribution >= 4 is 23.1 Å². The number of nitrogens with one attached hydrogen (secondary N) is 4. The first-order chi connectivity index (χ1) is 6.81. The van der Waals surface area contributed by atoms with Crippen molar-refractivity contribution in [1.29, 1.82) is 0 Å². The van der Waals surface area contributed by atoms with Gasteiger partial charge in [0.1, 0.15) is 0 Å². The van der Waals surface area contributed by atoms with Crippen LogP contribution in [0.15, 0.2) is 0 Å². The normalized spacial score (nSPS) is 14.6. The number of hydrogen-bond acceptors (Lipinski definition) is 3. The average Bonchev–Trinajstić information content (AvgIpc) is 2.62. The Labute approximate surface area is 87.7 Å². The Bertz CT molecular complexity index is 346. The van der Waals surface area contributed by atoms with Gasteiger partial charge in [-0.05, 0) is 25.2 Å². The van der Waals surface area contributed by atoms with E-state index in [2.05, 4.69) is 26.1 Å². The van der Waals surface area contributed by atoms with Crippen molar-refractivity contribution in [3.8, 4) is 0 Å². The summed E-state index contributed by atoms with van der Waals surface area (Å²) >= 11 is 5.02. The fraction of sp³-hybridized carbons (Fsp3) is 0.500. The third kappa shape index (κ3) is 1.71. The molecular formula is C8H13N5S. The van der Waals surface area contributed by atoms with Gasteiger partial charge in [0, 0.05) is 19.2 Å². The molecule has 2 heterocycles. The van der Waals surface area contributed by atoms with Gasteiger partial charge in [0.05, 0.1) is 5.69 Å². The van der Waals surface area contributed by atoms with Crippen LogP contribution < -0.4 is 16.0 Å². The molecule has 1 aliphatic rings. The lowest BCUT2D eigenvalue weighted by molar-refractivity contribution is 0.633. The van der Waals surface area contributed by atoms with Crippen molar-refractivity contribution in [2.45, 2.75) is 13.0 Å². The molecule has 2 rings (SSSR count). The van der Waals surface area contributed by atoms with Gasteiger partial charge in [-0.3, -0.25) is 5.10 Å². The Morgan fingerprint density at radius 1 is 1.57 bits per heavy atom. The molecule has 0 aliphatic carbocycles. The molecule has 1 aliphatic heterocycles. The van der Waals surface area contributed by atoms with Crippen molar-refractivity contribution in [3.05, 3.63) is 11.3 Å². The number of thiocarbonyl (C=S) groups is 1. The first-order valence-corrected chi connectivity index (χ1v) is 4.97. The zero-order chi connectivity index (χ0) is 9.97. The summed E-state index contributed by atoms with van der Waals surface area (Å²) in [6, 6.07) is 0. The van der Waals surface area contributed by atoms with Gasteiger partial charge >= 0.3 is 0 Å². The molecule has 1 aromatic heterocycles. The maximum absolute atomic E-state index is 5.02. The molecule has 14 heavy (non-hydrogen) atoms. The van der Waals surface area contributed by atoms with Gasteiger partial charge in [-0.15, -0.1) is 0 Å². The molecule has 0 atom stereocenters. The van der Waals surface area contributed by atoms with Crippen molar-refractivity contribution in [2.24, 2.45) is 0 Å². The van der Waals surface area contributed by atoms with E-state index in [1.54, 1.807) is 7.05 Å². The topological polar surface area (TPSA) is 64.8 Å². The smallest absolute Gasteiger partial charge is 0.171 e. The van der Waals surface area contributed by atoms with Crippen LogP contribution in [0.25, 0.3) is 0 Å². The molecule has 0 amide bonds. The number of rotatable bonds is 1. The molecule has 0 spiro atoms. The highest BCUT2D eigenvalue weighted by atomic mass is 32.1. The van der Waals surface area contributed by atoms with Gasteiger partial charge in [-0.2, -0.15) is 5.10 Å². The lowest BCUT2D eigenvalue weighted by atomic mass is 10.1. The van der Waals surface area contributed by atoms with Crippen LogP contribution in [-0.4, -0.2) is 28.9 Å². The standard InChI is InChI=1S/C8H13N5S/c1-9-8(14)11-7-5-2-3-10-4-6(5)12-13-7/h10H,2-4H2,1H3,(H3,9,11,12,13,14). The molecule has 0 aromatic carbocycles. The zero-order valence-corrected chi connectivity index (χ0v) is 8.79. The molecule has 0 fully saturated rings. The first-order valence-electron chi connectivity index (χ1n) is 4.57. The predicted molar refractivity (Wildman–Crippen MR) is 59.3 cm³/mol. The average molecular weight is 211 g/mol. The van der Waals surface area contributed by atoms with Crippen molar-refractivity contribution in [2.75, 3.05) is 18.9 Å². The zero-order valence-electron chi connectivity index (χ0n) is 7.98. The van der Waals surface area contributed by atoms with Crippen LogP contribution in [-0.2, 0) is 13.0 Å². The molecule has 0 saturated carbocycles. The lowest BCUT2D eigenvalue weighted by Gasteiger charge is -2.13. The summed E-state index contributed by atoms with van der Waals surface area (Å²) in [6.07, 6.45) is 0.987. The number of aromatic amines is 1. The van der Waals surface area contributed by atoms with E-state index in [4.69, 9.17) is 12.2 Å². The van der Waals surface area contributed by atoms with Crippen molar-refractivity contribution < 1.29 is 0 Å². The van der Waals surface area contributed by atoms with Gasteiger partial charge in [0.25, 0.3) is 0 Å². The Morgan fingerprint density at radius 2 is 2.43 bits per heavy atom. The minimum Gasteiger partial charge on any atom is -0.365 e. The van der Waals surface area contributed by atoms with Crippen LogP contribution in [0.2, 0.25) is 0 Å². The molecular weight excluding hydrogens is 198 g/mol. The fourth-order valence-electron chi connectivity index (χ4n) is 1.52. The Balaban J connectivity index is 2.18. The first kappa shape index (κ1) is 9.42. The van der Waals surface area contributed by atoms with Gasteiger partial charge in [0.2, 0.25) is 0 Å². The SMILES string of the molecule is CNC(=S)Nc1n[nH]c2c1CCNC2. The van der Waals surface area contributed by atoms with Gasteiger partial charge in [-0.25, -0.2) is 0 Å². The number of fused-ring (bicyclic) bond motifs is 1. The van der Waals surface area contributed by atoms with Crippen molar-refractivity contribution in [1.82, 2.24) is 20.8 Å². The summed E-state index contributed by atoms with van der Waals surface area (Å²) in [4.78, 5) is 0. The Morgan fingerprint density at radius 3 is 3.21 bits per heavy atom. The number of H-pyrrole nitrogens is 1. The van der Waals surface area contributed by atoms with E-state index >= 15 is 0 Å². The molecule has 0 radical (unpaired) electrons. The van der Waals surface area contributed by atoms with E-state index in [1.807, 2.05) is 0 Å². The maximum Gasteiger partial charge on any atom is 0.171 e. The summed E-state index contributed by atoms with van der Waals surface area (Å²) in [5.74, 6) is 0.848. The van der Waals surface area contributed by atoms with Crippen LogP contribution >= 0.6 is 12.2 Å². The summed E-state index contributed by atoms with van der Waals surface area (Å²) in [5, 5.41) is 17.0. The molecule has 0 unspecified atom stereocenters. The summed E-state index contributed by atoms with van der Waals surface area (Å²) < 4.78 is 0. The Hall–Kier alpha value is -1.14. The summed E-state index contributed by atoms with van der Waals surface area (Å²) in [5.41, 5.74) is 2.39. The van der Waals surface area contributed by atoms with Crippen LogP contribution in [0.1, 0.15) is 11.3 Å². The van der Waals surface area contributed by atoms with Crippen LogP contribution in [0.4, 0.5) is 5.82 Å². The molecule has 1 aromatic rings. The molecule has 76 valence electrons. The molecule has 6 heteroatoms. The molecule has 0 saturated heterocycles. The van der Waals surface area contributed by atoms with Crippen LogP contribution in [0.5, 0.6) is 0 Å². The van der Waals surface area contributed by atoms with E-state index in [0.717, 1.165) is 31.0 Å². The minimum atomic E-state index is 0.595. The van der Waals surface area contributed by atoms with Gasteiger partial charge in [-0.1, -0.05) is 0 Å². The van der Waals surface area contributed by atoms with Gasteiger partial charge in [0.15, 0.2) is 10.9 Å². The van der Waals surface area contributed by atoms with E-state index in [-0.39, 0.29) is 0 Å². The van der Waals surface area contributed by atoms with Crippen molar-refractivity contribution in [3.63, 3.8) is 0 Å². The molecule has 5 nitrogen and oxygen atoms in total.